The van der Waals surface area contributed by atoms with Crippen LogP contribution in [0, 0.1) is 0 Å². The number of pyridine rings is 1. The predicted octanol–water partition coefficient (Wildman–Crippen LogP) is 4.62. The molecule has 1 aromatic carbocycles. The van der Waals surface area contributed by atoms with Crippen LogP contribution in [0.15, 0.2) is 52.5 Å². The van der Waals surface area contributed by atoms with Gasteiger partial charge in [0.1, 0.15) is 4.90 Å². The second-order valence-electron chi connectivity index (χ2n) is 5.20. The number of rotatable bonds is 7. The molecular weight excluding hydrogens is 364 g/mol. The molecule has 1 aromatic heterocycles. The van der Waals surface area contributed by atoms with E-state index in [1.54, 1.807) is 23.9 Å². The number of halogens is 1. The van der Waals surface area contributed by atoms with Crippen LogP contribution in [-0.4, -0.2) is 30.8 Å². The first-order valence-electron chi connectivity index (χ1n) is 7.77. The molecular formula is C17H21ClN2O2S2. The van der Waals surface area contributed by atoms with Crippen molar-refractivity contribution in [2.75, 3.05) is 13.1 Å². The van der Waals surface area contributed by atoms with Gasteiger partial charge >= 0.3 is 0 Å². The van der Waals surface area contributed by atoms with Crippen molar-refractivity contribution in [2.24, 2.45) is 0 Å². The van der Waals surface area contributed by atoms with Gasteiger partial charge in [0.15, 0.2) is 0 Å². The minimum absolute atomic E-state index is 0.122. The Kier molecular flexibility index (Phi) is 6.69. The van der Waals surface area contributed by atoms with Gasteiger partial charge in [-0.3, -0.25) is 0 Å². The summed E-state index contributed by atoms with van der Waals surface area (Å²) in [5.74, 6) is 0. The highest BCUT2D eigenvalue weighted by molar-refractivity contribution is 7.99. The number of aromatic nitrogens is 1. The van der Waals surface area contributed by atoms with Gasteiger partial charge in [-0.1, -0.05) is 55.4 Å². The van der Waals surface area contributed by atoms with Crippen LogP contribution in [0.5, 0.6) is 0 Å². The van der Waals surface area contributed by atoms with E-state index >= 15 is 0 Å². The maximum Gasteiger partial charge on any atom is 0.244 e. The van der Waals surface area contributed by atoms with Crippen LogP contribution in [0.25, 0.3) is 0 Å². The van der Waals surface area contributed by atoms with Crippen molar-refractivity contribution in [3.8, 4) is 0 Å². The maximum absolute atomic E-state index is 12.5. The van der Waals surface area contributed by atoms with Crippen molar-refractivity contribution >= 4 is 33.4 Å². The fourth-order valence-corrected chi connectivity index (χ4v) is 5.07. The summed E-state index contributed by atoms with van der Waals surface area (Å²) in [5, 5.41) is 1.61. The highest BCUT2D eigenvalue weighted by atomic mass is 35.5. The first kappa shape index (κ1) is 19.2. The SMILES string of the molecule is CCN(CC)S(=O)(=O)c1ccc(S[C@H](C)c2ccccc2Cl)nc1. The molecule has 0 aliphatic rings. The lowest BCUT2D eigenvalue weighted by atomic mass is 10.2. The summed E-state index contributed by atoms with van der Waals surface area (Å²) >= 11 is 7.76. The Hall–Kier alpha value is -1.08. The van der Waals surface area contributed by atoms with Crippen molar-refractivity contribution in [2.45, 2.75) is 35.9 Å². The van der Waals surface area contributed by atoms with E-state index in [1.165, 1.54) is 10.5 Å². The van der Waals surface area contributed by atoms with Gasteiger partial charge in [0, 0.05) is 29.6 Å². The van der Waals surface area contributed by atoms with Gasteiger partial charge in [-0.15, -0.1) is 0 Å². The van der Waals surface area contributed by atoms with Crippen LogP contribution in [0.1, 0.15) is 31.6 Å². The summed E-state index contributed by atoms with van der Waals surface area (Å²) in [5.41, 5.74) is 1.03. The van der Waals surface area contributed by atoms with E-state index in [4.69, 9.17) is 11.6 Å². The average molecular weight is 385 g/mol. The molecule has 2 rings (SSSR count). The molecule has 0 amide bonds. The van der Waals surface area contributed by atoms with Crippen molar-refractivity contribution in [1.82, 2.24) is 9.29 Å². The van der Waals surface area contributed by atoms with Crippen LogP contribution < -0.4 is 0 Å². The Labute approximate surface area is 153 Å². The van der Waals surface area contributed by atoms with E-state index in [2.05, 4.69) is 4.98 Å². The van der Waals surface area contributed by atoms with Gasteiger partial charge in [-0.25, -0.2) is 13.4 Å². The second kappa shape index (κ2) is 8.34. The lowest BCUT2D eigenvalue weighted by Crippen LogP contribution is -2.30. The summed E-state index contributed by atoms with van der Waals surface area (Å²) in [6, 6.07) is 11.1. The maximum atomic E-state index is 12.5. The highest BCUT2D eigenvalue weighted by Gasteiger charge is 2.22. The van der Waals surface area contributed by atoms with Crippen molar-refractivity contribution in [3.63, 3.8) is 0 Å². The van der Waals surface area contributed by atoms with E-state index in [0.29, 0.717) is 13.1 Å². The monoisotopic (exact) mass is 384 g/mol. The van der Waals surface area contributed by atoms with Crippen molar-refractivity contribution in [3.05, 3.63) is 53.2 Å². The molecule has 24 heavy (non-hydrogen) atoms. The summed E-state index contributed by atoms with van der Waals surface area (Å²) in [7, 11) is -3.46. The Morgan fingerprint density at radius 3 is 2.38 bits per heavy atom. The quantitative estimate of drug-likeness (QED) is 0.653. The van der Waals surface area contributed by atoms with Gasteiger partial charge in [0.2, 0.25) is 10.0 Å². The number of hydrogen-bond acceptors (Lipinski definition) is 4. The van der Waals surface area contributed by atoms with Gasteiger partial charge in [-0.05, 0) is 30.7 Å². The Morgan fingerprint density at radius 2 is 1.83 bits per heavy atom. The number of sulfonamides is 1. The van der Waals surface area contributed by atoms with E-state index in [1.807, 2.05) is 45.0 Å². The summed E-state index contributed by atoms with van der Waals surface area (Å²) < 4.78 is 26.3. The third kappa shape index (κ3) is 4.30. The normalized spacial score (nSPS) is 13.2. The fourth-order valence-electron chi connectivity index (χ4n) is 2.35. The van der Waals surface area contributed by atoms with Crippen LogP contribution in [0.2, 0.25) is 5.02 Å². The summed E-state index contributed by atoms with van der Waals surface area (Å²) in [6.45, 7) is 6.58. The Morgan fingerprint density at radius 1 is 1.17 bits per heavy atom. The van der Waals surface area contributed by atoms with Crippen LogP contribution in [0.4, 0.5) is 0 Å². The molecule has 130 valence electrons. The molecule has 0 saturated carbocycles. The molecule has 0 bridgehead atoms. The largest absolute Gasteiger partial charge is 0.249 e. The lowest BCUT2D eigenvalue weighted by Gasteiger charge is -2.18. The first-order chi connectivity index (χ1) is 11.4. The van der Waals surface area contributed by atoms with Gasteiger partial charge in [0.25, 0.3) is 0 Å². The standard InChI is InChI=1S/C17H21ClN2O2S2/c1-4-20(5-2)24(21,22)14-10-11-17(19-12-14)23-13(3)15-8-6-7-9-16(15)18/h6-13H,4-5H2,1-3H3/t13-/m1/s1. The molecule has 1 heterocycles. The third-order valence-electron chi connectivity index (χ3n) is 3.69. The smallest absolute Gasteiger partial charge is 0.244 e. The topological polar surface area (TPSA) is 50.3 Å². The molecule has 2 aromatic rings. The van der Waals surface area contributed by atoms with Crippen LogP contribution >= 0.6 is 23.4 Å². The molecule has 0 spiro atoms. The number of thioether (sulfide) groups is 1. The zero-order valence-electron chi connectivity index (χ0n) is 13.9. The molecule has 7 heteroatoms. The van der Waals surface area contributed by atoms with E-state index in [9.17, 15) is 8.42 Å². The van der Waals surface area contributed by atoms with Crippen LogP contribution in [0.3, 0.4) is 0 Å². The minimum Gasteiger partial charge on any atom is -0.249 e. The molecule has 4 nitrogen and oxygen atoms in total. The highest BCUT2D eigenvalue weighted by Crippen LogP contribution is 2.37. The van der Waals surface area contributed by atoms with Crippen molar-refractivity contribution in [1.29, 1.82) is 0 Å². The molecule has 0 saturated heterocycles. The third-order valence-corrected chi connectivity index (χ3v) is 7.16. The summed E-state index contributed by atoms with van der Waals surface area (Å²) in [4.78, 5) is 4.53. The summed E-state index contributed by atoms with van der Waals surface area (Å²) in [6.07, 6.45) is 1.43. The number of hydrogen-bond donors (Lipinski definition) is 0. The van der Waals surface area contributed by atoms with E-state index in [-0.39, 0.29) is 10.1 Å². The number of benzene rings is 1. The van der Waals surface area contributed by atoms with Crippen molar-refractivity contribution < 1.29 is 8.42 Å². The van der Waals surface area contributed by atoms with Crippen LogP contribution in [-0.2, 0) is 10.0 Å². The molecule has 0 aliphatic heterocycles. The fraction of sp³-hybridized carbons (Fsp3) is 0.353. The zero-order valence-corrected chi connectivity index (χ0v) is 16.3. The predicted molar refractivity (Wildman–Crippen MR) is 100 cm³/mol. The molecule has 0 unspecified atom stereocenters. The molecule has 1 atom stereocenters. The van der Waals surface area contributed by atoms with E-state index in [0.717, 1.165) is 15.6 Å². The lowest BCUT2D eigenvalue weighted by molar-refractivity contribution is 0.445. The molecule has 0 radical (unpaired) electrons. The van der Waals surface area contributed by atoms with E-state index < -0.39 is 10.0 Å². The second-order valence-corrected chi connectivity index (χ2v) is 8.91. The Balaban J connectivity index is 2.17. The molecule has 0 aliphatic carbocycles. The first-order valence-corrected chi connectivity index (χ1v) is 10.5. The molecule has 0 fully saturated rings. The zero-order chi connectivity index (χ0) is 17.7. The van der Waals surface area contributed by atoms with Gasteiger partial charge < -0.3 is 0 Å². The molecule has 0 N–H and O–H groups in total. The minimum atomic E-state index is -3.46. The van der Waals surface area contributed by atoms with Gasteiger partial charge in [0.05, 0.1) is 5.03 Å². The average Bonchev–Trinajstić information content (AvgIpc) is 2.56. The Bertz CT molecular complexity index is 775. The number of nitrogens with zero attached hydrogens (tertiary/aromatic N) is 2. The van der Waals surface area contributed by atoms with Gasteiger partial charge in [-0.2, -0.15) is 4.31 Å².